The van der Waals surface area contributed by atoms with Gasteiger partial charge in [-0.05, 0) is 36.4 Å². The topological polar surface area (TPSA) is 81.4 Å². The van der Waals surface area contributed by atoms with Crippen molar-refractivity contribution < 1.29 is 9.53 Å². The summed E-state index contributed by atoms with van der Waals surface area (Å²) in [6.45, 7) is -0.199. The minimum atomic E-state index is -0.324. The molecule has 0 saturated heterocycles. The standard InChI is InChI=1S/C19H13Cl2N5O2/c20-14-5-2-6-16(19(14)21)28-10-18(27)23-13-4-1-3-12(9-13)15-7-8-17-24-22-11-26(17)25-15/h1-9,11H,10H2,(H,23,27). The van der Waals surface area contributed by atoms with E-state index in [2.05, 4.69) is 20.6 Å². The van der Waals surface area contributed by atoms with Gasteiger partial charge in [0.25, 0.3) is 5.91 Å². The zero-order valence-electron chi connectivity index (χ0n) is 14.3. The second-order valence-corrected chi connectivity index (χ2v) is 6.61. The Kier molecular flexibility index (Phi) is 5.10. The molecule has 2 aromatic carbocycles. The lowest BCUT2D eigenvalue weighted by Crippen LogP contribution is -2.20. The molecule has 0 fully saturated rings. The quantitative estimate of drug-likeness (QED) is 0.532. The van der Waals surface area contributed by atoms with Crippen molar-refractivity contribution in [3.8, 4) is 17.0 Å². The Labute approximate surface area is 169 Å². The number of hydrogen-bond donors (Lipinski definition) is 1. The average molecular weight is 414 g/mol. The molecule has 4 rings (SSSR count). The number of carbonyl (C=O) groups excluding carboxylic acids is 1. The van der Waals surface area contributed by atoms with Crippen molar-refractivity contribution in [1.29, 1.82) is 0 Å². The van der Waals surface area contributed by atoms with Gasteiger partial charge in [0.1, 0.15) is 17.1 Å². The molecular formula is C19H13Cl2N5O2. The van der Waals surface area contributed by atoms with Crippen molar-refractivity contribution in [3.63, 3.8) is 0 Å². The highest BCUT2D eigenvalue weighted by Gasteiger charge is 2.10. The Morgan fingerprint density at radius 1 is 1.11 bits per heavy atom. The molecular weight excluding hydrogens is 401 g/mol. The number of halogens is 2. The Morgan fingerprint density at radius 3 is 2.86 bits per heavy atom. The van der Waals surface area contributed by atoms with Crippen LogP contribution in [-0.4, -0.2) is 32.3 Å². The highest BCUT2D eigenvalue weighted by molar-refractivity contribution is 6.42. The van der Waals surface area contributed by atoms with Crippen molar-refractivity contribution in [1.82, 2.24) is 19.8 Å². The molecule has 4 aromatic rings. The predicted molar refractivity (Wildman–Crippen MR) is 107 cm³/mol. The van der Waals surface area contributed by atoms with Gasteiger partial charge in [0, 0.05) is 11.3 Å². The van der Waals surface area contributed by atoms with Crippen LogP contribution in [0.4, 0.5) is 5.69 Å². The predicted octanol–water partition coefficient (Wildman–Crippen LogP) is 4.12. The summed E-state index contributed by atoms with van der Waals surface area (Å²) < 4.78 is 7.03. The maximum absolute atomic E-state index is 12.2. The molecule has 1 amide bonds. The largest absolute Gasteiger partial charge is 0.482 e. The number of benzene rings is 2. The van der Waals surface area contributed by atoms with Crippen LogP contribution >= 0.6 is 23.2 Å². The number of fused-ring (bicyclic) bond motifs is 1. The summed E-state index contributed by atoms with van der Waals surface area (Å²) in [5.74, 6) is 0.0277. The van der Waals surface area contributed by atoms with Crippen LogP contribution in [-0.2, 0) is 4.79 Å². The number of carbonyl (C=O) groups is 1. The van der Waals surface area contributed by atoms with Gasteiger partial charge in [-0.25, -0.2) is 0 Å². The van der Waals surface area contributed by atoms with Crippen LogP contribution < -0.4 is 10.1 Å². The first kappa shape index (κ1) is 18.2. The molecule has 2 aromatic heterocycles. The smallest absolute Gasteiger partial charge is 0.262 e. The molecule has 0 atom stereocenters. The van der Waals surface area contributed by atoms with E-state index < -0.39 is 0 Å². The zero-order valence-corrected chi connectivity index (χ0v) is 15.9. The highest BCUT2D eigenvalue weighted by Crippen LogP contribution is 2.31. The monoisotopic (exact) mass is 413 g/mol. The number of nitrogens with zero attached hydrogens (tertiary/aromatic N) is 4. The third-order valence-corrected chi connectivity index (χ3v) is 4.68. The van der Waals surface area contributed by atoms with E-state index in [1.54, 1.807) is 28.8 Å². The molecule has 140 valence electrons. The van der Waals surface area contributed by atoms with E-state index in [0.29, 0.717) is 22.1 Å². The van der Waals surface area contributed by atoms with Crippen molar-refractivity contribution in [2.45, 2.75) is 0 Å². The van der Waals surface area contributed by atoms with E-state index in [1.807, 2.05) is 30.3 Å². The third kappa shape index (κ3) is 3.90. The van der Waals surface area contributed by atoms with Gasteiger partial charge < -0.3 is 10.1 Å². The normalized spacial score (nSPS) is 10.8. The van der Waals surface area contributed by atoms with E-state index in [9.17, 15) is 4.79 Å². The fraction of sp³-hybridized carbons (Fsp3) is 0.0526. The second-order valence-electron chi connectivity index (χ2n) is 5.82. The summed E-state index contributed by atoms with van der Waals surface area (Å²) in [4.78, 5) is 12.2. The molecule has 0 unspecified atom stereocenters. The Morgan fingerprint density at radius 2 is 1.96 bits per heavy atom. The van der Waals surface area contributed by atoms with Crippen LogP contribution in [0, 0.1) is 0 Å². The van der Waals surface area contributed by atoms with Gasteiger partial charge in [-0.1, -0.05) is 41.4 Å². The molecule has 7 nitrogen and oxygen atoms in total. The molecule has 1 N–H and O–H groups in total. The van der Waals surface area contributed by atoms with Crippen molar-refractivity contribution in [2.75, 3.05) is 11.9 Å². The van der Waals surface area contributed by atoms with E-state index in [4.69, 9.17) is 27.9 Å². The number of anilines is 1. The summed E-state index contributed by atoms with van der Waals surface area (Å²) in [5, 5.41) is 15.6. The summed E-state index contributed by atoms with van der Waals surface area (Å²) in [7, 11) is 0. The lowest BCUT2D eigenvalue weighted by Gasteiger charge is -2.10. The van der Waals surface area contributed by atoms with Crippen LogP contribution in [0.5, 0.6) is 5.75 Å². The van der Waals surface area contributed by atoms with Gasteiger partial charge in [0.15, 0.2) is 12.3 Å². The van der Waals surface area contributed by atoms with Crippen LogP contribution in [0.3, 0.4) is 0 Å². The number of amides is 1. The van der Waals surface area contributed by atoms with Gasteiger partial charge in [-0.2, -0.15) is 9.61 Å². The Hall–Kier alpha value is -3.16. The summed E-state index contributed by atoms with van der Waals surface area (Å²) in [6.07, 6.45) is 1.53. The first-order valence-corrected chi connectivity index (χ1v) is 9.00. The molecule has 9 heteroatoms. The van der Waals surface area contributed by atoms with E-state index in [0.717, 1.165) is 11.3 Å². The highest BCUT2D eigenvalue weighted by atomic mass is 35.5. The fourth-order valence-corrected chi connectivity index (χ4v) is 2.92. The van der Waals surface area contributed by atoms with Gasteiger partial charge in [0.2, 0.25) is 0 Å². The lowest BCUT2D eigenvalue weighted by atomic mass is 10.1. The summed E-state index contributed by atoms with van der Waals surface area (Å²) in [6, 6.07) is 16.0. The number of ether oxygens (including phenoxy) is 1. The number of hydrogen-bond acceptors (Lipinski definition) is 5. The average Bonchev–Trinajstić information content (AvgIpc) is 3.17. The molecule has 0 saturated carbocycles. The van der Waals surface area contributed by atoms with Crippen molar-refractivity contribution in [2.24, 2.45) is 0 Å². The summed E-state index contributed by atoms with van der Waals surface area (Å²) in [5.41, 5.74) is 2.84. The molecule has 28 heavy (non-hydrogen) atoms. The number of nitrogens with one attached hydrogen (secondary N) is 1. The SMILES string of the molecule is O=C(COc1cccc(Cl)c1Cl)Nc1cccc(-c2ccc3nncn3n2)c1. The van der Waals surface area contributed by atoms with Gasteiger partial charge >= 0.3 is 0 Å². The van der Waals surface area contributed by atoms with Crippen molar-refractivity contribution in [3.05, 3.63) is 71.0 Å². The molecule has 0 aliphatic heterocycles. The zero-order chi connectivity index (χ0) is 19.5. The first-order valence-electron chi connectivity index (χ1n) is 8.24. The van der Waals surface area contributed by atoms with Crippen LogP contribution in [0.15, 0.2) is 60.9 Å². The van der Waals surface area contributed by atoms with Crippen LogP contribution in [0.2, 0.25) is 10.0 Å². The molecule has 0 spiro atoms. The minimum absolute atomic E-state index is 0.199. The van der Waals surface area contributed by atoms with E-state index in [1.165, 1.54) is 6.33 Å². The van der Waals surface area contributed by atoms with E-state index >= 15 is 0 Å². The Bertz CT molecular complexity index is 1160. The van der Waals surface area contributed by atoms with Crippen molar-refractivity contribution >= 4 is 40.4 Å². The van der Waals surface area contributed by atoms with Crippen LogP contribution in [0.25, 0.3) is 16.9 Å². The fourth-order valence-electron chi connectivity index (χ4n) is 2.57. The third-order valence-electron chi connectivity index (χ3n) is 3.88. The van der Waals surface area contributed by atoms with Gasteiger partial charge in [-0.3, -0.25) is 4.79 Å². The molecule has 0 aliphatic carbocycles. The molecule has 0 aliphatic rings. The molecule has 0 bridgehead atoms. The maximum Gasteiger partial charge on any atom is 0.262 e. The van der Waals surface area contributed by atoms with Crippen LogP contribution in [0.1, 0.15) is 0 Å². The molecule has 0 radical (unpaired) electrons. The lowest BCUT2D eigenvalue weighted by molar-refractivity contribution is -0.118. The maximum atomic E-state index is 12.2. The Balaban J connectivity index is 1.45. The summed E-state index contributed by atoms with van der Waals surface area (Å²) >= 11 is 12.0. The van der Waals surface area contributed by atoms with Gasteiger partial charge in [0.05, 0.1) is 10.7 Å². The van der Waals surface area contributed by atoms with E-state index in [-0.39, 0.29) is 17.5 Å². The number of aromatic nitrogens is 4. The number of rotatable bonds is 5. The minimum Gasteiger partial charge on any atom is -0.482 e. The second kappa shape index (κ2) is 7.84. The van der Waals surface area contributed by atoms with Gasteiger partial charge in [-0.15, -0.1) is 10.2 Å². The first-order chi connectivity index (χ1) is 13.6. The molecule has 2 heterocycles.